The lowest BCUT2D eigenvalue weighted by molar-refractivity contribution is -0.140. The molecule has 5 rings (SSSR count). The van der Waals surface area contributed by atoms with Crippen LogP contribution in [0, 0.1) is 5.82 Å². The van der Waals surface area contributed by atoms with E-state index in [2.05, 4.69) is 20.3 Å². The van der Waals surface area contributed by atoms with Crippen molar-refractivity contribution in [2.45, 2.75) is 43.9 Å². The Kier molecular flexibility index (Phi) is 5.41. The van der Waals surface area contributed by atoms with Crippen molar-refractivity contribution in [3.63, 3.8) is 0 Å². The summed E-state index contributed by atoms with van der Waals surface area (Å²) >= 11 is 0. The number of imidazole rings is 1. The Hall–Kier alpha value is -3.63. The van der Waals surface area contributed by atoms with E-state index in [0.29, 0.717) is 22.5 Å². The van der Waals surface area contributed by atoms with Crippen LogP contribution in [-0.4, -0.2) is 44.4 Å². The van der Waals surface area contributed by atoms with E-state index < -0.39 is 17.7 Å². The predicted octanol–water partition coefficient (Wildman–Crippen LogP) is 4.55. The van der Waals surface area contributed by atoms with Gasteiger partial charge in [0.1, 0.15) is 28.6 Å². The van der Waals surface area contributed by atoms with Crippen molar-refractivity contribution in [2.24, 2.45) is 0 Å². The second-order valence-corrected chi connectivity index (χ2v) is 8.60. The van der Waals surface area contributed by atoms with Crippen molar-refractivity contribution in [1.82, 2.24) is 24.7 Å². The number of amides is 1. The van der Waals surface area contributed by atoms with Gasteiger partial charge in [-0.1, -0.05) is 6.07 Å². The van der Waals surface area contributed by atoms with E-state index in [-0.39, 0.29) is 23.6 Å². The maximum atomic E-state index is 13.3. The minimum absolute atomic E-state index is 0.0332. The van der Waals surface area contributed by atoms with Crippen molar-refractivity contribution in [2.75, 3.05) is 11.9 Å². The highest BCUT2D eigenvalue weighted by Crippen LogP contribution is 2.32. The van der Waals surface area contributed by atoms with Crippen molar-refractivity contribution >= 4 is 28.4 Å². The molecule has 4 heterocycles. The summed E-state index contributed by atoms with van der Waals surface area (Å²) in [4.78, 5) is 25.2. The molecule has 178 valence electrons. The number of carbonyl (C=O) groups is 1. The highest BCUT2D eigenvalue weighted by atomic mass is 19.4. The Labute approximate surface area is 191 Å². The molecule has 0 atom stereocenters. The first-order valence-electron chi connectivity index (χ1n) is 10.9. The van der Waals surface area contributed by atoms with Gasteiger partial charge in [0, 0.05) is 30.7 Å². The van der Waals surface area contributed by atoms with Gasteiger partial charge in [0.05, 0.1) is 6.20 Å². The number of nitrogens with one attached hydrogen (secondary N) is 2. The van der Waals surface area contributed by atoms with Crippen LogP contribution < -0.4 is 10.2 Å². The van der Waals surface area contributed by atoms with Gasteiger partial charge >= 0.3 is 6.18 Å². The topological polar surface area (TPSA) is 78.3 Å². The van der Waals surface area contributed by atoms with Crippen molar-refractivity contribution in [3.05, 3.63) is 59.9 Å². The number of alkyl halides is 3. The molecule has 1 fully saturated rings. The quantitative estimate of drug-likeness (QED) is 0.426. The highest BCUT2D eigenvalue weighted by Gasteiger charge is 2.34. The van der Waals surface area contributed by atoms with Crippen LogP contribution in [0.5, 0.6) is 0 Å². The summed E-state index contributed by atoms with van der Waals surface area (Å²) in [6, 6.07) is 7.98. The zero-order valence-electron chi connectivity index (χ0n) is 18.2. The van der Waals surface area contributed by atoms with Crippen LogP contribution >= 0.6 is 0 Å². The lowest BCUT2D eigenvalue weighted by Crippen LogP contribution is -2.43. The molecular formula is C23H22F4N6O. The molecule has 34 heavy (non-hydrogen) atoms. The molecule has 0 aromatic carbocycles. The molecular weight excluding hydrogens is 452 g/mol. The molecule has 1 saturated carbocycles. The molecule has 1 aliphatic carbocycles. The van der Waals surface area contributed by atoms with E-state index in [9.17, 15) is 22.4 Å². The summed E-state index contributed by atoms with van der Waals surface area (Å²) in [7, 11) is 1.86. The fraction of sp³-hybridized carbons (Fsp3) is 0.348. The van der Waals surface area contributed by atoms with Gasteiger partial charge in [-0.2, -0.15) is 13.2 Å². The second-order valence-electron chi connectivity index (χ2n) is 8.60. The third-order valence-corrected chi connectivity index (χ3v) is 6.38. The maximum Gasteiger partial charge on any atom is 0.434 e. The molecule has 0 aliphatic heterocycles. The number of anilines is 1. The summed E-state index contributed by atoms with van der Waals surface area (Å²) in [6.07, 6.45) is 0.577. The molecule has 4 aromatic rings. The SMILES string of the molecule is CN(c1cccc2nc(C(F)(F)F)cn12)C1CCC(NC(=O)c2cc3cc(F)cnc3[nH]2)CC1. The molecule has 0 unspecified atom stereocenters. The van der Waals surface area contributed by atoms with E-state index in [1.54, 1.807) is 24.3 Å². The van der Waals surface area contributed by atoms with Crippen molar-refractivity contribution in [3.8, 4) is 0 Å². The van der Waals surface area contributed by atoms with Gasteiger partial charge in [-0.15, -0.1) is 0 Å². The maximum absolute atomic E-state index is 13.3. The Morgan fingerprint density at radius 2 is 1.97 bits per heavy atom. The normalized spacial score (nSPS) is 19.0. The molecule has 11 heteroatoms. The van der Waals surface area contributed by atoms with Crippen LogP contribution in [0.25, 0.3) is 16.7 Å². The zero-order chi connectivity index (χ0) is 24.0. The van der Waals surface area contributed by atoms with Gasteiger partial charge in [-0.05, 0) is 49.9 Å². The number of aromatic nitrogens is 4. The average Bonchev–Trinajstić information content (AvgIpc) is 3.43. The Bertz CT molecular complexity index is 1350. The molecule has 1 amide bonds. The van der Waals surface area contributed by atoms with Gasteiger partial charge in [-0.3, -0.25) is 9.20 Å². The minimum atomic E-state index is -4.51. The third-order valence-electron chi connectivity index (χ3n) is 6.38. The van der Waals surface area contributed by atoms with Gasteiger partial charge in [0.2, 0.25) is 0 Å². The van der Waals surface area contributed by atoms with E-state index >= 15 is 0 Å². The van der Waals surface area contributed by atoms with Crippen LogP contribution in [0.15, 0.2) is 42.7 Å². The molecule has 2 N–H and O–H groups in total. The monoisotopic (exact) mass is 474 g/mol. The second kappa shape index (κ2) is 8.30. The van der Waals surface area contributed by atoms with Gasteiger partial charge in [0.15, 0.2) is 5.69 Å². The van der Waals surface area contributed by atoms with Gasteiger partial charge < -0.3 is 15.2 Å². The number of nitrogens with zero attached hydrogens (tertiary/aromatic N) is 4. The van der Waals surface area contributed by atoms with Crippen LogP contribution in [0.2, 0.25) is 0 Å². The van der Waals surface area contributed by atoms with Crippen molar-refractivity contribution < 1.29 is 22.4 Å². The summed E-state index contributed by atoms with van der Waals surface area (Å²) < 4.78 is 54.2. The summed E-state index contributed by atoms with van der Waals surface area (Å²) in [5, 5.41) is 3.53. The number of hydrogen-bond donors (Lipinski definition) is 2. The standard InChI is InChI=1S/C23H22F4N6O/c1-32(20-4-2-3-19-31-18(12-33(19)20)23(25,26)27)16-7-5-15(6-8-16)29-22(34)17-10-13-9-14(24)11-28-21(13)30-17/h2-4,9-12,15-16H,5-8H2,1H3,(H,28,30)(H,29,34). The van der Waals surface area contributed by atoms with Crippen molar-refractivity contribution in [1.29, 1.82) is 0 Å². The average molecular weight is 474 g/mol. The number of halogens is 4. The first-order chi connectivity index (χ1) is 16.2. The van der Waals surface area contributed by atoms with E-state index in [0.717, 1.165) is 38.1 Å². The number of H-pyrrole nitrogens is 1. The number of hydrogen-bond acceptors (Lipinski definition) is 4. The molecule has 0 radical (unpaired) electrons. The number of carbonyl (C=O) groups excluding carboxylic acids is 1. The summed E-state index contributed by atoms with van der Waals surface area (Å²) in [5.41, 5.74) is 0.0823. The number of aromatic amines is 1. The van der Waals surface area contributed by atoms with Crippen LogP contribution in [0.4, 0.5) is 23.4 Å². The largest absolute Gasteiger partial charge is 0.434 e. The third kappa shape index (κ3) is 4.17. The van der Waals surface area contributed by atoms with E-state index in [1.165, 1.54) is 10.5 Å². The minimum Gasteiger partial charge on any atom is -0.358 e. The molecule has 0 saturated heterocycles. The highest BCUT2D eigenvalue weighted by molar-refractivity contribution is 5.97. The van der Waals surface area contributed by atoms with E-state index in [4.69, 9.17) is 0 Å². The van der Waals surface area contributed by atoms with Crippen LogP contribution in [0.1, 0.15) is 41.9 Å². The Morgan fingerprint density at radius 1 is 1.21 bits per heavy atom. The fourth-order valence-electron chi connectivity index (χ4n) is 4.59. The summed E-state index contributed by atoms with van der Waals surface area (Å²) in [5.74, 6) is -0.120. The number of rotatable bonds is 4. The summed E-state index contributed by atoms with van der Waals surface area (Å²) in [6.45, 7) is 0. The number of fused-ring (bicyclic) bond motifs is 2. The first kappa shape index (κ1) is 22.2. The molecule has 4 aromatic heterocycles. The molecule has 1 aliphatic rings. The zero-order valence-corrected chi connectivity index (χ0v) is 18.2. The molecule has 0 spiro atoms. The lowest BCUT2D eigenvalue weighted by Gasteiger charge is -2.36. The predicted molar refractivity (Wildman–Crippen MR) is 118 cm³/mol. The smallest absolute Gasteiger partial charge is 0.358 e. The van der Waals surface area contributed by atoms with Crippen LogP contribution in [-0.2, 0) is 6.18 Å². The number of pyridine rings is 2. The lowest BCUT2D eigenvalue weighted by atomic mass is 9.90. The fourth-order valence-corrected chi connectivity index (χ4v) is 4.59. The molecule has 0 bridgehead atoms. The van der Waals surface area contributed by atoms with E-state index in [1.807, 2.05) is 11.9 Å². The Balaban J connectivity index is 1.24. The van der Waals surface area contributed by atoms with Gasteiger partial charge in [-0.25, -0.2) is 14.4 Å². The molecule has 7 nitrogen and oxygen atoms in total. The first-order valence-corrected chi connectivity index (χ1v) is 10.9. The van der Waals surface area contributed by atoms with Gasteiger partial charge in [0.25, 0.3) is 5.91 Å². The van der Waals surface area contributed by atoms with Crippen LogP contribution in [0.3, 0.4) is 0 Å². The Morgan fingerprint density at radius 3 is 2.71 bits per heavy atom.